The van der Waals surface area contributed by atoms with Gasteiger partial charge in [0.15, 0.2) is 0 Å². The van der Waals surface area contributed by atoms with Gasteiger partial charge >= 0.3 is 5.69 Å². The summed E-state index contributed by atoms with van der Waals surface area (Å²) in [7, 11) is 1.70. The number of anilines is 1. The fourth-order valence-electron chi connectivity index (χ4n) is 2.78. The second-order valence-electron chi connectivity index (χ2n) is 5.56. The summed E-state index contributed by atoms with van der Waals surface area (Å²) in [4.78, 5) is 13.0. The highest BCUT2D eigenvalue weighted by Crippen LogP contribution is 2.32. The molecular weight excluding hydrogens is 246 g/mol. The summed E-state index contributed by atoms with van der Waals surface area (Å²) in [6.07, 6.45) is 5.29. The van der Waals surface area contributed by atoms with Gasteiger partial charge in [0.2, 0.25) is 5.82 Å². The zero-order valence-electron chi connectivity index (χ0n) is 11.1. The Morgan fingerprint density at radius 2 is 2.32 bits per heavy atom. The molecule has 0 aromatic carbocycles. The maximum Gasteiger partial charge on any atom is 0.330 e. The van der Waals surface area contributed by atoms with E-state index < -0.39 is 0 Å². The van der Waals surface area contributed by atoms with E-state index in [1.807, 2.05) is 0 Å². The maximum absolute atomic E-state index is 10.9. The topological polar surface area (TPSA) is 76.2 Å². The first kappa shape index (κ1) is 12.4. The highest BCUT2D eigenvalue weighted by Gasteiger charge is 2.34. The van der Waals surface area contributed by atoms with Crippen molar-refractivity contribution in [3.8, 4) is 0 Å². The molecule has 1 aliphatic carbocycles. The Bertz CT molecular complexity index is 482. The van der Waals surface area contributed by atoms with Gasteiger partial charge < -0.3 is 10.2 Å². The summed E-state index contributed by atoms with van der Waals surface area (Å²) in [5.74, 6) is 0.958. The molecule has 19 heavy (non-hydrogen) atoms. The van der Waals surface area contributed by atoms with Crippen LogP contribution in [0.25, 0.3) is 0 Å². The molecule has 0 amide bonds. The summed E-state index contributed by atoms with van der Waals surface area (Å²) in [6.45, 7) is 3.04. The summed E-state index contributed by atoms with van der Waals surface area (Å²) >= 11 is 0. The van der Waals surface area contributed by atoms with Crippen LogP contribution in [0.4, 0.5) is 11.5 Å². The second-order valence-corrected chi connectivity index (χ2v) is 5.56. The van der Waals surface area contributed by atoms with Gasteiger partial charge in [0.1, 0.15) is 6.20 Å². The average Bonchev–Trinajstić information content (AvgIpc) is 2.98. The van der Waals surface area contributed by atoms with Crippen molar-refractivity contribution in [1.82, 2.24) is 14.7 Å². The molecule has 0 bridgehead atoms. The van der Waals surface area contributed by atoms with Crippen LogP contribution in [0, 0.1) is 16.0 Å². The van der Waals surface area contributed by atoms with Crippen molar-refractivity contribution < 1.29 is 4.92 Å². The Morgan fingerprint density at radius 3 is 3.00 bits per heavy atom. The van der Waals surface area contributed by atoms with Crippen molar-refractivity contribution >= 4 is 11.5 Å². The van der Waals surface area contributed by atoms with Crippen LogP contribution in [0.5, 0.6) is 0 Å². The van der Waals surface area contributed by atoms with Crippen LogP contribution in [0.1, 0.15) is 19.3 Å². The van der Waals surface area contributed by atoms with E-state index in [0.717, 1.165) is 19.1 Å². The molecule has 2 fully saturated rings. The minimum absolute atomic E-state index is 0.0551. The molecule has 1 aliphatic heterocycles. The maximum atomic E-state index is 10.9. The van der Waals surface area contributed by atoms with E-state index in [1.54, 1.807) is 7.05 Å². The molecule has 104 valence electrons. The lowest BCUT2D eigenvalue weighted by molar-refractivity contribution is -0.384. The van der Waals surface area contributed by atoms with Crippen LogP contribution < -0.4 is 5.32 Å². The van der Waals surface area contributed by atoms with Gasteiger partial charge in [-0.15, -0.1) is 5.10 Å². The van der Waals surface area contributed by atoms with Crippen molar-refractivity contribution in [2.75, 3.05) is 25.0 Å². The molecule has 1 saturated heterocycles. The van der Waals surface area contributed by atoms with Crippen LogP contribution in [0.3, 0.4) is 0 Å². The van der Waals surface area contributed by atoms with Crippen LogP contribution in [0.2, 0.25) is 0 Å². The van der Waals surface area contributed by atoms with Gasteiger partial charge in [-0.05, 0) is 31.7 Å². The molecule has 1 N–H and O–H groups in total. The van der Waals surface area contributed by atoms with Gasteiger partial charge in [-0.25, -0.2) is 0 Å². The quantitative estimate of drug-likeness (QED) is 0.640. The van der Waals surface area contributed by atoms with Crippen LogP contribution >= 0.6 is 0 Å². The molecule has 2 heterocycles. The van der Waals surface area contributed by atoms with Crippen molar-refractivity contribution in [2.45, 2.75) is 25.3 Å². The minimum Gasteiger partial charge on any atom is -0.363 e. The highest BCUT2D eigenvalue weighted by atomic mass is 16.6. The molecule has 1 unspecified atom stereocenters. The molecule has 7 nitrogen and oxygen atoms in total. The van der Waals surface area contributed by atoms with Crippen molar-refractivity contribution in [1.29, 1.82) is 0 Å². The number of nitrogens with zero attached hydrogens (tertiary/aromatic N) is 4. The first-order valence-electron chi connectivity index (χ1n) is 6.79. The smallest absolute Gasteiger partial charge is 0.330 e. The van der Waals surface area contributed by atoms with E-state index >= 15 is 0 Å². The van der Waals surface area contributed by atoms with Crippen LogP contribution in [0.15, 0.2) is 6.20 Å². The average molecular weight is 265 g/mol. The monoisotopic (exact) mass is 265 g/mol. The van der Waals surface area contributed by atoms with Crippen LogP contribution in [-0.2, 0) is 7.05 Å². The summed E-state index contributed by atoms with van der Waals surface area (Å²) in [5, 5.41) is 18.1. The summed E-state index contributed by atoms with van der Waals surface area (Å²) in [6, 6.07) is 0.814. The van der Waals surface area contributed by atoms with E-state index in [2.05, 4.69) is 15.3 Å². The van der Waals surface area contributed by atoms with E-state index in [9.17, 15) is 10.1 Å². The molecular formula is C12H19N5O2. The van der Waals surface area contributed by atoms with E-state index in [4.69, 9.17) is 0 Å². The normalized spacial score (nSPS) is 23.7. The molecule has 1 aromatic rings. The Kier molecular flexibility index (Phi) is 3.14. The van der Waals surface area contributed by atoms with Gasteiger partial charge in [0, 0.05) is 26.2 Å². The SMILES string of the molecule is Cn1cc([N+](=O)[O-])c(NCC2CCN(C3CC3)C2)n1. The Balaban J connectivity index is 1.56. The molecule has 1 saturated carbocycles. The molecule has 2 aliphatic rings. The van der Waals surface area contributed by atoms with E-state index in [1.165, 1.54) is 36.7 Å². The zero-order chi connectivity index (χ0) is 13.4. The lowest BCUT2D eigenvalue weighted by atomic mass is 10.1. The van der Waals surface area contributed by atoms with Gasteiger partial charge in [-0.1, -0.05) is 0 Å². The number of aromatic nitrogens is 2. The summed E-state index contributed by atoms with van der Waals surface area (Å²) in [5.41, 5.74) is 0.0551. The summed E-state index contributed by atoms with van der Waals surface area (Å²) < 4.78 is 1.48. The molecule has 0 radical (unpaired) electrons. The highest BCUT2D eigenvalue weighted by molar-refractivity contribution is 5.54. The molecule has 3 rings (SSSR count). The zero-order valence-corrected chi connectivity index (χ0v) is 11.1. The predicted octanol–water partition coefficient (Wildman–Crippen LogP) is 1.22. The number of likely N-dealkylation sites (tertiary alicyclic amines) is 1. The number of nitrogens with one attached hydrogen (secondary N) is 1. The molecule has 7 heteroatoms. The van der Waals surface area contributed by atoms with Gasteiger partial charge in [-0.2, -0.15) is 0 Å². The number of hydrogen-bond donors (Lipinski definition) is 1. The fraction of sp³-hybridized carbons (Fsp3) is 0.750. The Hall–Kier alpha value is -1.63. The van der Waals surface area contributed by atoms with Crippen LogP contribution in [-0.4, -0.2) is 45.3 Å². The van der Waals surface area contributed by atoms with E-state index in [0.29, 0.717) is 11.7 Å². The third-order valence-electron chi connectivity index (χ3n) is 3.94. The first-order valence-corrected chi connectivity index (χ1v) is 6.79. The van der Waals surface area contributed by atoms with E-state index in [-0.39, 0.29) is 10.6 Å². The van der Waals surface area contributed by atoms with Gasteiger partial charge in [-0.3, -0.25) is 14.8 Å². The predicted molar refractivity (Wildman–Crippen MR) is 71.1 cm³/mol. The minimum atomic E-state index is -0.388. The lowest BCUT2D eigenvalue weighted by Gasteiger charge is -2.14. The molecule has 1 atom stereocenters. The number of hydrogen-bond acceptors (Lipinski definition) is 5. The first-order chi connectivity index (χ1) is 9.13. The third-order valence-corrected chi connectivity index (χ3v) is 3.94. The largest absolute Gasteiger partial charge is 0.363 e. The Labute approximate surface area is 111 Å². The van der Waals surface area contributed by atoms with Crippen molar-refractivity contribution in [3.05, 3.63) is 16.3 Å². The third kappa shape index (κ3) is 2.70. The number of rotatable bonds is 5. The lowest BCUT2D eigenvalue weighted by Crippen LogP contribution is -2.25. The molecule has 0 spiro atoms. The number of nitro groups is 1. The molecule has 1 aromatic heterocycles. The van der Waals surface area contributed by atoms with Gasteiger partial charge in [0.05, 0.1) is 4.92 Å². The number of aryl methyl sites for hydroxylation is 1. The van der Waals surface area contributed by atoms with Crippen molar-refractivity contribution in [3.63, 3.8) is 0 Å². The fourth-order valence-corrected chi connectivity index (χ4v) is 2.78. The Morgan fingerprint density at radius 1 is 1.53 bits per heavy atom. The van der Waals surface area contributed by atoms with Crippen molar-refractivity contribution in [2.24, 2.45) is 13.0 Å². The van der Waals surface area contributed by atoms with Gasteiger partial charge in [0.25, 0.3) is 0 Å². The standard InChI is InChI=1S/C12H19N5O2/c1-15-8-11(17(18)19)12(14-15)13-6-9-4-5-16(7-9)10-2-3-10/h8-10H,2-7H2,1H3,(H,13,14). The second kappa shape index (κ2) is 4.80.